The first kappa shape index (κ1) is 16.7. The number of hydrogen-bond donors (Lipinski definition) is 1. The van der Waals surface area contributed by atoms with Crippen LogP contribution in [-0.2, 0) is 11.2 Å². The highest BCUT2D eigenvalue weighted by Gasteiger charge is 2.32. The SMILES string of the molecule is CCc1cc(=O)[nH]c(S[C@H]2CCCN(c3ccccc3F)C2=O)n1. The van der Waals surface area contributed by atoms with Crippen LogP contribution in [0.25, 0.3) is 0 Å². The van der Waals surface area contributed by atoms with Crippen molar-refractivity contribution in [3.63, 3.8) is 0 Å². The highest BCUT2D eigenvalue weighted by atomic mass is 32.2. The molecule has 0 bridgehead atoms. The molecule has 24 heavy (non-hydrogen) atoms. The first-order valence-corrected chi connectivity index (χ1v) is 8.79. The first-order chi connectivity index (χ1) is 11.6. The number of aromatic amines is 1. The Labute approximate surface area is 143 Å². The number of thioether (sulfide) groups is 1. The lowest BCUT2D eigenvalue weighted by Gasteiger charge is -2.31. The van der Waals surface area contributed by atoms with Crippen molar-refractivity contribution in [2.75, 3.05) is 11.4 Å². The summed E-state index contributed by atoms with van der Waals surface area (Å²) in [5, 5.41) is 0.0571. The standard InChI is InChI=1S/C17H18FN3O2S/c1-2-11-10-15(22)20-17(19-11)24-14-8-5-9-21(16(14)23)13-7-4-3-6-12(13)18/h3-4,6-7,10,14H,2,5,8-9H2,1H3,(H,19,20,22)/t14-/m0/s1. The van der Waals surface area contributed by atoms with E-state index in [4.69, 9.17) is 0 Å². The van der Waals surface area contributed by atoms with Crippen molar-refractivity contribution in [3.05, 3.63) is 52.2 Å². The number of rotatable bonds is 4. The van der Waals surface area contributed by atoms with Gasteiger partial charge in [-0.1, -0.05) is 30.8 Å². The third kappa shape index (κ3) is 3.51. The van der Waals surface area contributed by atoms with E-state index in [-0.39, 0.29) is 16.7 Å². The summed E-state index contributed by atoms with van der Waals surface area (Å²) >= 11 is 1.24. The number of para-hydroxylation sites is 1. The molecule has 1 aliphatic rings. The number of benzene rings is 1. The van der Waals surface area contributed by atoms with Gasteiger partial charge in [0.25, 0.3) is 5.56 Å². The van der Waals surface area contributed by atoms with Crippen LogP contribution in [0.1, 0.15) is 25.5 Å². The minimum absolute atomic E-state index is 0.152. The fourth-order valence-corrected chi connectivity index (χ4v) is 3.83. The number of carbonyl (C=O) groups excluding carboxylic acids is 1. The molecule has 1 amide bonds. The quantitative estimate of drug-likeness (QED) is 0.864. The van der Waals surface area contributed by atoms with Crippen LogP contribution in [0.4, 0.5) is 10.1 Å². The number of aromatic nitrogens is 2. The zero-order valence-electron chi connectivity index (χ0n) is 13.3. The van der Waals surface area contributed by atoms with Crippen LogP contribution in [0.3, 0.4) is 0 Å². The van der Waals surface area contributed by atoms with Crippen LogP contribution in [-0.4, -0.2) is 27.7 Å². The second-order valence-electron chi connectivity index (χ2n) is 5.59. The van der Waals surface area contributed by atoms with Gasteiger partial charge < -0.3 is 9.88 Å². The molecule has 2 aromatic rings. The minimum atomic E-state index is -0.406. The molecule has 7 heteroatoms. The molecule has 0 saturated carbocycles. The smallest absolute Gasteiger partial charge is 0.251 e. The van der Waals surface area contributed by atoms with Crippen molar-refractivity contribution >= 4 is 23.4 Å². The summed E-state index contributed by atoms with van der Waals surface area (Å²) in [7, 11) is 0. The van der Waals surface area contributed by atoms with Gasteiger partial charge in [0.2, 0.25) is 5.91 Å². The van der Waals surface area contributed by atoms with E-state index >= 15 is 0 Å². The maximum atomic E-state index is 14.0. The van der Waals surface area contributed by atoms with Gasteiger partial charge in [-0.15, -0.1) is 0 Å². The molecular formula is C17H18FN3O2S. The lowest BCUT2D eigenvalue weighted by atomic mass is 10.1. The summed E-state index contributed by atoms with van der Waals surface area (Å²) in [6, 6.07) is 7.73. The Kier molecular flexibility index (Phi) is 4.99. The van der Waals surface area contributed by atoms with Crippen molar-refractivity contribution in [3.8, 4) is 0 Å². The van der Waals surface area contributed by atoms with Gasteiger partial charge in [0, 0.05) is 18.3 Å². The van der Waals surface area contributed by atoms with Crippen LogP contribution in [0.5, 0.6) is 0 Å². The summed E-state index contributed by atoms with van der Waals surface area (Å²) < 4.78 is 14.0. The molecule has 5 nitrogen and oxygen atoms in total. The molecule has 1 fully saturated rings. The van der Waals surface area contributed by atoms with Gasteiger partial charge in [0.15, 0.2) is 5.16 Å². The molecule has 1 aliphatic heterocycles. The Morgan fingerprint density at radius 2 is 2.17 bits per heavy atom. The van der Waals surface area contributed by atoms with Crippen molar-refractivity contribution in [1.29, 1.82) is 0 Å². The summed E-state index contributed by atoms with van der Waals surface area (Å²) in [5.41, 5.74) is 0.769. The Morgan fingerprint density at radius 3 is 2.92 bits per heavy atom. The third-order valence-corrected chi connectivity index (χ3v) is 5.06. The summed E-state index contributed by atoms with van der Waals surface area (Å²) in [6.45, 7) is 2.41. The highest BCUT2D eigenvalue weighted by Crippen LogP contribution is 2.31. The highest BCUT2D eigenvalue weighted by molar-refractivity contribution is 8.00. The number of anilines is 1. The monoisotopic (exact) mass is 347 g/mol. The van der Waals surface area contributed by atoms with Crippen LogP contribution >= 0.6 is 11.8 Å². The topological polar surface area (TPSA) is 66.1 Å². The molecule has 1 saturated heterocycles. The fraction of sp³-hybridized carbons (Fsp3) is 0.353. The molecule has 1 atom stereocenters. The molecule has 0 aliphatic carbocycles. The van der Waals surface area contributed by atoms with Crippen LogP contribution in [0.2, 0.25) is 0 Å². The van der Waals surface area contributed by atoms with Crippen LogP contribution in [0, 0.1) is 5.82 Å². The van der Waals surface area contributed by atoms with Gasteiger partial charge in [-0.05, 0) is 31.4 Å². The van der Waals surface area contributed by atoms with Crippen LogP contribution in [0.15, 0.2) is 40.3 Å². The van der Waals surface area contributed by atoms with Gasteiger partial charge >= 0.3 is 0 Å². The average molecular weight is 347 g/mol. The Bertz CT molecular complexity index is 808. The summed E-state index contributed by atoms with van der Waals surface area (Å²) in [4.78, 5) is 32.9. The van der Waals surface area contributed by atoms with Crippen molar-refractivity contribution in [2.45, 2.75) is 36.6 Å². The van der Waals surface area contributed by atoms with Gasteiger partial charge in [-0.25, -0.2) is 9.37 Å². The zero-order chi connectivity index (χ0) is 17.1. The number of aryl methyl sites for hydroxylation is 1. The predicted molar refractivity (Wildman–Crippen MR) is 91.9 cm³/mol. The number of nitrogens with zero attached hydrogens (tertiary/aromatic N) is 2. The van der Waals surface area contributed by atoms with E-state index in [0.717, 1.165) is 6.42 Å². The molecule has 1 aromatic heterocycles. The number of nitrogens with one attached hydrogen (secondary N) is 1. The summed E-state index contributed by atoms with van der Waals surface area (Å²) in [6.07, 6.45) is 2.10. The van der Waals surface area contributed by atoms with Crippen molar-refractivity contribution in [2.24, 2.45) is 0 Å². The molecule has 2 heterocycles. The van der Waals surface area contributed by atoms with E-state index in [1.807, 2.05) is 6.92 Å². The molecule has 0 spiro atoms. The van der Waals surface area contributed by atoms with Gasteiger partial charge in [0.05, 0.1) is 10.9 Å². The predicted octanol–water partition coefficient (Wildman–Crippen LogP) is 2.76. The molecular weight excluding hydrogens is 329 g/mol. The molecule has 0 radical (unpaired) electrons. The van der Waals surface area contributed by atoms with Crippen molar-refractivity contribution in [1.82, 2.24) is 9.97 Å². The normalized spacial score (nSPS) is 18.0. The third-order valence-electron chi connectivity index (χ3n) is 3.92. The number of hydrogen-bond acceptors (Lipinski definition) is 4. The second-order valence-corrected chi connectivity index (χ2v) is 6.78. The largest absolute Gasteiger partial charge is 0.309 e. The lowest BCUT2D eigenvalue weighted by Crippen LogP contribution is -2.43. The number of H-pyrrole nitrogens is 1. The second kappa shape index (κ2) is 7.17. The number of carbonyl (C=O) groups is 1. The van der Waals surface area contributed by atoms with Gasteiger partial charge in [0.1, 0.15) is 5.82 Å². The zero-order valence-corrected chi connectivity index (χ0v) is 14.1. The number of amides is 1. The van der Waals surface area contributed by atoms with E-state index in [1.165, 1.54) is 28.8 Å². The first-order valence-electron chi connectivity index (χ1n) is 7.91. The summed E-state index contributed by atoms with van der Waals surface area (Å²) in [5.74, 6) is -0.558. The van der Waals surface area contributed by atoms with E-state index < -0.39 is 5.82 Å². The fourth-order valence-electron chi connectivity index (χ4n) is 2.72. The Balaban J connectivity index is 1.82. The van der Waals surface area contributed by atoms with Crippen LogP contribution < -0.4 is 10.5 Å². The Hall–Kier alpha value is -2.15. The maximum absolute atomic E-state index is 14.0. The molecule has 3 rings (SSSR count). The van der Waals surface area contributed by atoms with Crippen molar-refractivity contribution < 1.29 is 9.18 Å². The lowest BCUT2D eigenvalue weighted by molar-refractivity contribution is -0.119. The van der Waals surface area contributed by atoms with E-state index in [1.54, 1.807) is 18.2 Å². The number of halogens is 1. The number of piperidine rings is 1. The maximum Gasteiger partial charge on any atom is 0.251 e. The van der Waals surface area contributed by atoms with E-state index in [0.29, 0.717) is 35.9 Å². The van der Waals surface area contributed by atoms with Gasteiger partial charge in [-0.2, -0.15) is 0 Å². The minimum Gasteiger partial charge on any atom is -0.309 e. The Morgan fingerprint density at radius 1 is 1.38 bits per heavy atom. The molecule has 0 unspecified atom stereocenters. The molecule has 1 aromatic carbocycles. The molecule has 1 N–H and O–H groups in total. The van der Waals surface area contributed by atoms with E-state index in [9.17, 15) is 14.0 Å². The van der Waals surface area contributed by atoms with E-state index in [2.05, 4.69) is 9.97 Å². The van der Waals surface area contributed by atoms with Gasteiger partial charge in [-0.3, -0.25) is 9.59 Å². The average Bonchev–Trinajstić information content (AvgIpc) is 2.57. The molecule has 126 valence electrons.